The average molecular weight is 271 g/mol. The van der Waals surface area contributed by atoms with Crippen molar-refractivity contribution in [1.82, 2.24) is 5.32 Å². The summed E-state index contributed by atoms with van der Waals surface area (Å²) in [5, 5.41) is 11.8. The maximum absolute atomic E-state index is 12.0. The molecule has 0 bridgehead atoms. The van der Waals surface area contributed by atoms with Crippen molar-refractivity contribution in [1.29, 1.82) is 0 Å². The Hall–Kier alpha value is -1.10. The molecule has 1 rings (SSSR count). The summed E-state index contributed by atoms with van der Waals surface area (Å²) >= 11 is 0. The lowest BCUT2D eigenvalue weighted by Crippen LogP contribution is -2.45. The van der Waals surface area contributed by atoms with E-state index >= 15 is 0 Å². The minimum Gasteiger partial charge on any atom is -0.480 e. The SMILES string of the molecule is CC(C)(C)CCC(NC(=O)C1CCCOC1)C(=O)O. The van der Waals surface area contributed by atoms with Gasteiger partial charge in [-0.3, -0.25) is 4.79 Å². The molecule has 0 aromatic carbocycles. The highest BCUT2D eigenvalue weighted by molar-refractivity contribution is 5.85. The number of carboxylic acids is 1. The molecular formula is C14H25NO4. The molecule has 0 saturated carbocycles. The molecule has 110 valence electrons. The van der Waals surface area contributed by atoms with Crippen molar-refractivity contribution < 1.29 is 19.4 Å². The van der Waals surface area contributed by atoms with Crippen LogP contribution in [0, 0.1) is 11.3 Å². The molecule has 0 spiro atoms. The fraction of sp³-hybridized carbons (Fsp3) is 0.857. The Morgan fingerprint density at radius 2 is 2.11 bits per heavy atom. The number of nitrogens with one attached hydrogen (secondary N) is 1. The van der Waals surface area contributed by atoms with Crippen LogP contribution < -0.4 is 5.32 Å². The number of amides is 1. The lowest BCUT2D eigenvalue weighted by molar-refractivity contribution is -0.143. The van der Waals surface area contributed by atoms with Gasteiger partial charge in [-0.25, -0.2) is 4.79 Å². The molecule has 0 radical (unpaired) electrons. The molecule has 1 aliphatic heterocycles. The largest absolute Gasteiger partial charge is 0.480 e. The third kappa shape index (κ3) is 6.05. The van der Waals surface area contributed by atoms with Crippen LogP contribution in [-0.4, -0.2) is 36.2 Å². The van der Waals surface area contributed by atoms with Gasteiger partial charge >= 0.3 is 5.97 Å². The summed E-state index contributed by atoms with van der Waals surface area (Å²) < 4.78 is 5.25. The van der Waals surface area contributed by atoms with Crippen molar-refractivity contribution in [2.45, 2.75) is 52.5 Å². The fourth-order valence-corrected chi connectivity index (χ4v) is 2.07. The quantitative estimate of drug-likeness (QED) is 0.799. The average Bonchev–Trinajstić information content (AvgIpc) is 2.33. The van der Waals surface area contributed by atoms with Crippen LogP contribution in [0.4, 0.5) is 0 Å². The Morgan fingerprint density at radius 3 is 2.58 bits per heavy atom. The number of carbonyl (C=O) groups is 2. The number of aliphatic carboxylic acids is 1. The summed E-state index contributed by atoms with van der Waals surface area (Å²) in [6.07, 6.45) is 2.85. The van der Waals surface area contributed by atoms with Crippen molar-refractivity contribution in [3.63, 3.8) is 0 Å². The zero-order valence-corrected chi connectivity index (χ0v) is 12.1. The monoisotopic (exact) mass is 271 g/mol. The summed E-state index contributed by atoms with van der Waals surface area (Å²) in [5.41, 5.74) is 0.0619. The molecule has 2 atom stereocenters. The first-order chi connectivity index (χ1) is 8.79. The van der Waals surface area contributed by atoms with E-state index in [0.717, 1.165) is 19.3 Å². The number of rotatable bonds is 5. The Labute approximate surface area is 114 Å². The highest BCUT2D eigenvalue weighted by Crippen LogP contribution is 2.22. The van der Waals surface area contributed by atoms with Crippen LogP contribution in [0.25, 0.3) is 0 Å². The molecule has 0 aliphatic carbocycles. The molecule has 1 saturated heterocycles. The van der Waals surface area contributed by atoms with E-state index in [1.54, 1.807) is 0 Å². The number of carbonyl (C=O) groups excluding carboxylic acids is 1. The number of hydrogen-bond donors (Lipinski definition) is 2. The summed E-state index contributed by atoms with van der Waals surface area (Å²) in [6.45, 7) is 7.27. The van der Waals surface area contributed by atoms with Crippen molar-refractivity contribution in [2.75, 3.05) is 13.2 Å². The topological polar surface area (TPSA) is 75.6 Å². The summed E-state index contributed by atoms with van der Waals surface area (Å²) in [7, 11) is 0. The zero-order chi connectivity index (χ0) is 14.5. The summed E-state index contributed by atoms with van der Waals surface area (Å²) in [6, 6.07) is -0.798. The highest BCUT2D eigenvalue weighted by Gasteiger charge is 2.27. The van der Waals surface area contributed by atoms with Gasteiger partial charge in [0.2, 0.25) is 5.91 Å². The van der Waals surface area contributed by atoms with E-state index in [-0.39, 0.29) is 17.2 Å². The van der Waals surface area contributed by atoms with E-state index in [9.17, 15) is 14.7 Å². The lowest BCUT2D eigenvalue weighted by Gasteiger charge is -2.25. The van der Waals surface area contributed by atoms with E-state index in [1.807, 2.05) is 0 Å². The molecule has 1 aliphatic rings. The number of carboxylic acid groups (broad SMARTS) is 1. The Bertz CT molecular complexity index is 316. The minimum absolute atomic E-state index is 0.0619. The molecule has 0 aromatic heterocycles. The normalized spacial score (nSPS) is 21.7. The minimum atomic E-state index is -0.964. The van der Waals surface area contributed by atoms with E-state index < -0.39 is 12.0 Å². The smallest absolute Gasteiger partial charge is 0.326 e. The molecule has 0 aromatic rings. The maximum Gasteiger partial charge on any atom is 0.326 e. The second-order valence-electron chi connectivity index (χ2n) is 6.41. The molecule has 5 heteroatoms. The van der Waals surface area contributed by atoms with Crippen LogP contribution in [0.5, 0.6) is 0 Å². The predicted molar refractivity (Wildman–Crippen MR) is 71.8 cm³/mol. The third-order valence-electron chi connectivity index (χ3n) is 3.33. The second-order valence-corrected chi connectivity index (χ2v) is 6.41. The molecule has 1 amide bonds. The molecule has 1 heterocycles. The second kappa shape index (κ2) is 6.89. The van der Waals surface area contributed by atoms with Crippen molar-refractivity contribution >= 4 is 11.9 Å². The van der Waals surface area contributed by atoms with Gasteiger partial charge in [0.25, 0.3) is 0 Å². The Balaban J connectivity index is 2.48. The van der Waals surface area contributed by atoms with Crippen LogP contribution in [0.15, 0.2) is 0 Å². The number of ether oxygens (including phenoxy) is 1. The first-order valence-electron chi connectivity index (χ1n) is 6.90. The first-order valence-corrected chi connectivity index (χ1v) is 6.90. The van der Waals surface area contributed by atoms with E-state index in [0.29, 0.717) is 19.6 Å². The molecular weight excluding hydrogens is 246 g/mol. The van der Waals surface area contributed by atoms with Gasteiger partial charge in [-0.1, -0.05) is 20.8 Å². The van der Waals surface area contributed by atoms with Crippen LogP contribution in [-0.2, 0) is 14.3 Å². The molecule has 2 N–H and O–H groups in total. The lowest BCUT2D eigenvalue weighted by atomic mass is 9.88. The Morgan fingerprint density at radius 1 is 1.42 bits per heavy atom. The van der Waals surface area contributed by atoms with E-state index in [1.165, 1.54) is 0 Å². The van der Waals surface area contributed by atoms with Crippen molar-refractivity contribution in [3.05, 3.63) is 0 Å². The van der Waals surface area contributed by atoms with E-state index in [4.69, 9.17) is 4.74 Å². The van der Waals surface area contributed by atoms with Gasteiger partial charge in [0.1, 0.15) is 6.04 Å². The van der Waals surface area contributed by atoms with E-state index in [2.05, 4.69) is 26.1 Å². The molecule has 19 heavy (non-hydrogen) atoms. The van der Waals surface area contributed by atoms with Gasteiger partial charge in [-0.2, -0.15) is 0 Å². The Kier molecular flexibility index (Phi) is 5.79. The first kappa shape index (κ1) is 16.0. The van der Waals surface area contributed by atoms with Crippen LogP contribution in [0.1, 0.15) is 46.5 Å². The van der Waals surface area contributed by atoms with Crippen molar-refractivity contribution in [3.8, 4) is 0 Å². The summed E-state index contributed by atoms with van der Waals surface area (Å²) in [4.78, 5) is 23.2. The van der Waals surface area contributed by atoms with Crippen LogP contribution in [0.3, 0.4) is 0 Å². The van der Waals surface area contributed by atoms with Gasteiger partial charge in [0.15, 0.2) is 0 Å². The molecule has 2 unspecified atom stereocenters. The predicted octanol–water partition coefficient (Wildman–Crippen LogP) is 1.81. The number of hydrogen-bond acceptors (Lipinski definition) is 3. The van der Waals surface area contributed by atoms with Gasteiger partial charge < -0.3 is 15.2 Å². The van der Waals surface area contributed by atoms with Gasteiger partial charge in [0.05, 0.1) is 12.5 Å². The van der Waals surface area contributed by atoms with Crippen LogP contribution >= 0.6 is 0 Å². The zero-order valence-electron chi connectivity index (χ0n) is 12.1. The molecule has 1 fully saturated rings. The van der Waals surface area contributed by atoms with Gasteiger partial charge in [0, 0.05) is 6.61 Å². The molecule has 5 nitrogen and oxygen atoms in total. The van der Waals surface area contributed by atoms with Gasteiger partial charge in [-0.05, 0) is 31.1 Å². The standard InChI is InChI=1S/C14H25NO4/c1-14(2,3)7-6-11(13(17)18)15-12(16)10-5-4-8-19-9-10/h10-11H,4-9H2,1-3H3,(H,15,16)(H,17,18). The fourth-order valence-electron chi connectivity index (χ4n) is 2.07. The summed E-state index contributed by atoms with van der Waals surface area (Å²) in [5.74, 6) is -1.36. The van der Waals surface area contributed by atoms with Crippen LogP contribution in [0.2, 0.25) is 0 Å². The maximum atomic E-state index is 12.0. The van der Waals surface area contributed by atoms with Gasteiger partial charge in [-0.15, -0.1) is 0 Å². The third-order valence-corrected chi connectivity index (χ3v) is 3.33. The highest BCUT2D eigenvalue weighted by atomic mass is 16.5. The van der Waals surface area contributed by atoms with Crippen molar-refractivity contribution in [2.24, 2.45) is 11.3 Å².